The predicted octanol–water partition coefficient (Wildman–Crippen LogP) is 2.86. The van der Waals surface area contributed by atoms with Gasteiger partial charge in [0.25, 0.3) is 11.8 Å². The SMILES string of the molecule is O=C(NCCc1cnc[nH]1)c1ccc(CNC(=O)c2cccc(C3(N4CCCC4)CCCCC3)c2)cc1.[Cl-].[Cl-].[Os+2].c1ccc(-c2ccccn2)nc1.c1ccc(-c2ccccn2)nc1. The van der Waals surface area contributed by atoms with Gasteiger partial charge in [-0.25, -0.2) is 4.98 Å². The number of H-pyrrole nitrogens is 1. The number of hydrogen-bond donors (Lipinski definition) is 3. The maximum absolute atomic E-state index is 13.1. The van der Waals surface area contributed by atoms with E-state index >= 15 is 0 Å². The molecule has 1 saturated heterocycles. The molecule has 1 aliphatic heterocycles. The smallest absolute Gasteiger partial charge is 1.00 e. The topological polar surface area (TPSA) is 142 Å². The number of aromatic nitrogens is 6. The van der Waals surface area contributed by atoms with Gasteiger partial charge in [0.05, 0.1) is 29.1 Å². The van der Waals surface area contributed by atoms with Crippen LogP contribution in [0.4, 0.5) is 0 Å². The predicted molar refractivity (Wildman–Crippen MR) is 239 cm³/mol. The van der Waals surface area contributed by atoms with Crippen LogP contribution in [0, 0.1) is 0 Å². The molecule has 0 radical (unpaired) electrons. The van der Waals surface area contributed by atoms with Crippen LogP contribution in [0.2, 0.25) is 0 Å². The molecule has 2 fully saturated rings. The van der Waals surface area contributed by atoms with Gasteiger partial charge in [0, 0.05) is 72.9 Å². The van der Waals surface area contributed by atoms with E-state index in [4.69, 9.17) is 0 Å². The molecule has 0 spiro atoms. The summed E-state index contributed by atoms with van der Waals surface area (Å²) in [6.07, 6.45) is 19.9. The number of carbonyl (C=O) groups excluding carboxylic acids is 2. The fraction of sp³-hybridized carbons (Fsp3) is 0.260. The molecule has 0 atom stereocenters. The molecule has 1 saturated carbocycles. The second-order valence-electron chi connectivity index (χ2n) is 15.2. The number of amides is 2. The van der Waals surface area contributed by atoms with Crippen molar-refractivity contribution in [2.75, 3.05) is 19.6 Å². The zero-order chi connectivity index (χ0) is 42.0. The Morgan fingerprint density at radius 3 is 1.61 bits per heavy atom. The van der Waals surface area contributed by atoms with Crippen LogP contribution in [0.3, 0.4) is 0 Å². The van der Waals surface area contributed by atoms with Crippen molar-refractivity contribution in [2.24, 2.45) is 0 Å². The third kappa shape index (κ3) is 14.4. The van der Waals surface area contributed by atoms with Gasteiger partial charge >= 0.3 is 19.8 Å². The minimum atomic E-state index is -0.110. The number of halogens is 2. The van der Waals surface area contributed by atoms with E-state index in [0.717, 1.165) is 52.7 Å². The van der Waals surface area contributed by atoms with Gasteiger partial charge in [-0.05, 0) is 123 Å². The van der Waals surface area contributed by atoms with E-state index in [1.807, 2.05) is 97.1 Å². The van der Waals surface area contributed by atoms with Gasteiger partial charge in [-0.3, -0.25) is 34.4 Å². The average Bonchev–Trinajstić information content (AvgIpc) is 4.09. The summed E-state index contributed by atoms with van der Waals surface area (Å²) in [6.45, 7) is 3.28. The summed E-state index contributed by atoms with van der Waals surface area (Å²) in [5, 5.41) is 5.99. The zero-order valence-electron chi connectivity index (χ0n) is 35.6. The van der Waals surface area contributed by atoms with E-state index in [2.05, 4.69) is 57.6 Å². The average molecular weight is 1070 g/mol. The quantitative estimate of drug-likeness (QED) is 0.180. The number of nitrogens with one attached hydrogen (secondary N) is 3. The van der Waals surface area contributed by atoms with Crippen LogP contribution in [0.1, 0.15) is 82.5 Å². The number of rotatable bonds is 11. The number of aromatic amines is 1. The van der Waals surface area contributed by atoms with Crippen LogP contribution < -0.4 is 35.4 Å². The first kappa shape index (κ1) is 51.0. The molecule has 3 N–H and O–H groups in total. The van der Waals surface area contributed by atoms with E-state index in [1.165, 1.54) is 50.5 Å². The Bertz CT molecular complexity index is 2220. The minimum Gasteiger partial charge on any atom is -1.00 e. The molecule has 2 aliphatic rings. The van der Waals surface area contributed by atoms with Crippen molar-refractivity contribution in [3.05, 3.63) is 187 Å². The maximum atomic E-state index is 13.1. The standard InChI is InChI=1S/C30H37N5O2.2C10H8N2.2ClH.Os/c36-28(32-16-13-27-21-31-22-34-27)24-11-9-23(10-12-24)20-33-29(37)25-7-6-8-26(19-25)30(14-2-1-3-15-30)35-17-4-5-18-35;2*1-3-7-11-9(5-1)10-6-2-4-8-12-10;;;/h6-12,19,21-22H,1-5,13-18,20H2,(H,31,34)(H,32,36)(H,33,37);2*1-8H;2*1H;/q;;;;;+2/p-2. The van der Waals surface area contributed by atoms with Crippen molar-refractivity contribution < 1.29 is 54.2 Å². The van der Waals surface area contributed by atoms with Crippen LogP contribution >= 0.6 is 0 Å². The van der Waals surface area contributed by atoms with Crippen molar-refractivity contribution in [1.82, 2.24) is 45.4 Å². The molecule has 2 aromatic carbocycles. The maximum Gasteiger partial charge on any atom is 2.00 e. The Morgan fingerprint density at radius 1 is 0.594 bits per heavy atom. The molecule has 5 aromatic heterocycles. The first-order valence-electron chi connectivity index (χ1n) is 21.2. The van der Waals surface area contributed by atoms with Crippen LogP contribution in [0.5, 0.6) is 0 Å². The summed E-state index contributed by atoms with van der Waals surface area (Å²) in [7, 11) is 0. The minimum absolute atomic E-state index is 0. The van der Waals surface area contributed by atoms with Crippen molar-refractivity contribution in [1.29, 1.82) is 0 Å². The fourth-order valence-corrected chi connectivity index (χ4v) is 7.97. The molecule has 2 amide bonds. The van der Waals surface area contributed by atoms with E-state index in [1.54, 1.807) is 49.4 Å². The van der Waals surface area contributed by atoms with Crippen LogP contribution in [0.25, 0.3) is 22.8 Å². The summed E-state index contributed by atoms with van der Waals surface area (Å²) in [4.78, 5) is 51.9. The Kier molecular flexibility index (Phi) is 21.4. The van der Waals surface area contributed by atoms with Crippen LogP contribution in [-0.2, 0) is 38.3 Å². The van der Waals surface area contributed by atoms with E-state index in [9.17, 15) is 9.59 Å². The largest absolute Gasteiger partial charge is 2.00 e. The molecule has 64 heavy (non-hydrogen) atoms. The second-order valence-corrected chi connectivity index (χ2v) is 15.2. The van der Waals surface area contributed by atoms with Gasteiger partial charge in [0.2, 0.25) is 0 Å². The molecular weight excluding hydrogens is 1020 g/mol. The fourth-order valence-electron chi connectivity index (χ4n) is 7.97. The van der Waals surface area contributed by atoms with Gasteiger partial charge in [-0.15, -0.1) is 0 Å². The summed E-state index contributed by atoms with van der Waals surface area (Å²) in [5.74, 6) is -0.170. The number of imidazole rings is 1. The van der Waals surface area contributed by atoms with E-state index in [0.29, 0.717) is 25.1 Å². The number of pyridine rings is 4. The van der Waals surface area contributed by atoms with Crippen molar-refractivity contribution in [3.8, 4) is 22.8 Å². The number of benzene rings is 2. The van der Waals surface area contributed by atoms with Crippen LogP contribution in [-0.4, -0.2) is 66.3 Å². The van der Waals surface area contributed by atoms with Gasteiger partial charge in [-0.2, -0.15) is 0 Å². The van der Waals surface area contributed by atoms with Gasteiger partial charge in [-0.1, -0.05) is 67.8 Å². The van der Waals surface area contributed by atoms with Gasteiger partial charge < -0.3 is 40.4 Å². The molecule has 6 heterocycles. The third-order valence-electron chi connectivity index (χ3n) is 11.1. The third-order valence-corrected chi connectivity index (χ3v) is 11.1. The van der Waals surface area contributed by atoms with Gasteiger partial charge in [0.15, 0.2) is 0 Å². The summed E-state index contributed by atoms with van der Waals surface area (Å²) in [6, 6.07) is 38.9. The van der Waals surface area contributed by atoms with E-state index < -0.39 is 0 Å². The van der Waals surface area contributed by atoms with Crippen molar-refractivity contribution in [3.63, 3.8) is 0 Å². The first-order chi connectivity index (χ1) is 30.1. The molecule has 14 heteroatoms. The zero-order valence-corrected chi connectivity index (χ0v) is 39.7. The monoisotopic (exact) mass is 1070 g/mol. The number of hydrogen-bond acceptors (Lipinski definition) is 8. The van der Waals surface area contributed by atoms with Crippen molar-refractivity contribution >= 4 is 11.8 Å². The summed E-state index contributed by atoms with van der Waals surface area (Å²) < 4.78 is 0. The molecular formula is C50H53Cl2N9O2Os. The molecule has 1 aliphatic carbocycles. The molecule has 11 nitrogen and oxygen atoms in total. The van der Waals surface area contributed by atoms with E-state index in [-0.39, 0.29) is 62.0 Å². The first-order valence-corrected chi connectivity index (χ1v) is 21.2. The van der Waals surface area contributed by atoms with Gasteiger partial charge in [0.1, 0.15) is 0 Å². The van der Waals surface area contributed by atoms with Crippen molar-refractivity contribution in [2.45, 2.75) is 63.5 Å². The number of carbonyl (C=O) groups is 2. The Labute approximate surface area is 401 Å². The molecule has 332 valence electrons. The normalized spacial score (nSPS) is 13.7. The van der Waals surface area contributed by atoms with Crippen LogP contribution in [0.15, 0.2) is 159 Å². The summed E-state index contributed by atoms with van der Waals surface area (Å²) >= 11 is 0. The Balaban J connectivity index is 0.000000270. The second kappa shape index (κ2) is 26.9. The molecule has 7 aromatic rings. The Hall–Kier alpha value is -5.63. The number of likely N-dealkylation sites (tertiary alicyclic amines) is 1. The Morgan fingerprint density at radius 2 is 1.12 bits per heavy atom. The summed E-state index contributed by atoms with van der Waals surface area (Å²) in [5.41, 5.74) is 8.31. The molecule has 9 rings (SSSR count). The molecule has 0 bridgehead atoms. The number of nitrogens with zero attached hydrogens (tertiary/aromatic N) is 6. The molecule has 0 unspecified atom stereocenters.